The zero-order chi connectivity index (χ0) is 15.9. The molecular formula is C13H14F3N3O2. The van der Waals surface area contributed by atoms with Crippen molar-refractivity contribution in [3.63, 3.8) is 0 Å². The predicted molar refractivity (Wildman–Crippen MR) is 69.6 cm³/mol. The van der Waals surface area contributed by atoms with E-state index in [2.05, 4.69) is 15.4 Å². The summed E-state index contributed by atoms with van der Waals surface area (Å²) in [4.78, 5) is 11.6. The number of carbonyl (C=O) groups excluding carboxylic acids is 1. The van der Waals surface area contributed by atoms with Gasteiger partial charge in [0.1, 0.15) is 11.8 Å². The molecular weight excluding hydrogens is 287 g/mol. The second-order valence-corrected chi connectivity index (χ2v) is 4.14. The molecule has 1 aromatic carbocycles. The van der Waals surface area contributed by atoms with Gasteiger partial charge in [-0.15, -0.1) is 13.2 Å². The Hall–Kier alpha value is -2.43. The molecule has 8 heteroatoms. The van der Waals surface area contributed by atoms with Crippen molar-refractivity contribution in [1.82, 2.24) is 5.32 Å². The summed E-state index contributed by atoms with van der Waals surface area (Å²) in [7, 11) is 0. The van der Waals surface area contributed by atoms with Gasteiger partial charge in [-0.25, -0.2) is 4.79 Å². The van der Waals surface area contributed by atoms with Crippen LogP contribution in [-0.4, -0.2) is 18.4 Å². The first-order valence-electron chi connectivity index (χ1n) is 6.17. The molecule has 0 heterocycles. The number of hydrogen-bond donors (Lipinski definition) is 2. The molecule has 114 valence electrons. The fraction of sp³-hybridized carbons (Fsp3) is 0.385. The highest BCUT2D eigenvalue weighted by Crippen LogP contribution is 2.23. The minimum Gasteiger partial charge on any atom is -0.406 e. The van der Waals surface area contributed by atoms with Crippen molar-refractivity contribution in [2.24, 2.45) is 0 Å². The van der Waals surface area contributed by atoms with Gasteiger partial charge in [0.15, 0.2) is 0 Å². The van der Waals surface area contributed by atoms with E-state index >= 15 is 0 Å². The van der Waals surface area contributed by atoms with Crippen LogP contribution in [0.5, 0.6) is 5.75 Å². The van der Waals surface area contributed by atoms with Crippen LogP contribution in [0.3, 0.4) is 0 Å². The molecule has 0 spiro atoms. The fourth-order valence-corrected chi connectivity index (χ4v) is 1.52. The number of benzene rings is 1. The molecule has 0 radical (unpaired) electrons. The van der Waals surface area contributed by atoms with Crippen molar-refractivity contribution in [2.45, 2.75) is 32.2 Å². The van der Waals surface area contributed by atoms with E-state index < -0.39 is 18.4 Å². The van der Waals surface area contributed by atoms with Crippen LogP contribution < -0.4 is 15.4 Å². The molecule has 2 amide bonds. The number of rotatable bonds is 5. The van der Waals surface area contributed by atoms with E-state index in [0.29, 0.717) is 6.42 Å². The molecule has 0 saturated heterocycles. The van der Waals surface area contributed by atoms with Crippen LogP contribution in [0.4, 0.5) is 23.7 Å². The summed E-state index contributed by atoms with van der Waals surface area (Å²) in [5, 5.41) is 13.7. The van der Waals surface area contributed by atoms with Crippen molar-refractivity contribution < 1.29 is 22.7 Å². The highest BCUT2D eigenvalue weighted by molar-refractivity contribution is 5.89. The third-order valence-corrected chi connectivity index (χ3v) is 2.38. The van der Waals surface area contributed by atoms with E-state index in [0.717, 1.165) is 18.6 Å². The molecule has 1 unspecified atom stereocenters. The van der Waals surface area contributed by atoms with Gasteiger partial charge in [-0.3, -0.25) is 0 Å². The van der Waals surface area contributed by atoms with Crippen LogP contribution in [0.2, 0.25) is 0 Å². The lowest BCUT2D eigenvalue weighted by atomic mass is 10.2. The van der Waals surface area contributed by atoms with Crippen LogP contribution in [0.25, 0.3) is 0 Å². The summed E-state index contributed by atoms with van der Waals surface area (Å²) >= 11 is 0. The topological polar surface area (TPSA) is 74.2 Å². The Balaban J connectivity index is 2.56. The second kappa shape index (κ2) is 7.38. The molecule has 1 rings (SSSR count). The number of halogens is 3. The molecule has 0 saturated carbocycles. The summed E-state index contributed by atoms with van der Waals surface area (Å²) in [5.41, 5.74) is 0.287. The zero-order valence-corrected chi connectivity index (χ0v) is 11.2. The molecule has 0 aliphatic heterocycles. The molecule has 0 bridgehead atoms. The lowest BCUT2D eigenvalue weighted by molar-refractivity contribution is -0.274. The Morgan fingerprint density at radius 1 is 1.38 bits per heavy atom. The molecule has 1 aromatic rings. The molecule has 1 atom stereocenters. The largest absolute Gasteiger partial charge is 0.573 e. The minimum absolute atomic E-state index is 0.287. The average molecular weight is 301 g/mol. The SMILES string of the molecule is CCCC(C#N)NC(=O)Nc1ccc(OC(F)(F)F)cc1. The summed E-state index contributed by atoms with van der Waals surface area (Å²) in [5.74, 6) is -0.380. The lowest BCUT2D eigenvalue weighted by Gasteiger charge is -2.12. The summed E-state index contributed by atoms with van der Waals surface area (Å²) in [6.45, 7) is 1.88. The molecule has 0 aliphatic rings. The molecule has 0 aliphatic carbocycles. The number of alkyl halides is 3. The first-order valence-corrected chi connectivity index (χ1v) is 6.17. The van der Waals surface area contributed by atoms with Crippen LogP contribution in [-0.2, 0) is 0 Å². The van der Waals surface area contributed by atoms with Gasteiger partial charge in [0.2, 0.25) is 0 Å². The van der Waals surface area contributed by atoms with Gasteiger partial charge in [-0.1, -0.05) is 13.3 Å². The highest BCUT2D eigenvalue weighted by Gasteiger charge is 2.30. The quantitative estimate of drug-likeness (QED) is 0.875. The maximum atomic E-state index is 12.0. The molecule has 0 aromatic heterocycles. The first-order chi connectivity index (χ1) is 9.84. The average Bonchev–Trinajstić information content (AvgIpc) is 2.39. The van der Waals surface area contributed by atoms with Crippen LogP contribution in [0, 0.1) is 11.3 Å². The third kappa shape index (κ3) is 6.51. The number of anilines is 1. The number of ether oxygens (including phenoxy) is 1. The van der Waals surface area contributed by atoms with E-state index in [1.165, 1.54) is 12.1 Å². The number of hydrogen-bond acceptors (Lipinski definition) is 3. The minimum atomic E-state index is -4.76. The van der Waals surface area contributed by atoms with Crippen molar-refractivity contribution in [1.29, 1.82) is 5.26 Å². The maximum Gasteiger partial charge on any atom is 0.573 e. The summed E-state index contributed by atoms with van der Waals surface area (Å²) < 4.78 is 39.6. The van der Waals surface area contributed by atoms with Gasteiger partial charge in [-0.2, -0.15) is 5.26 Å². The van der Waals surface area contributed by atoms with E-state index in [1.807, 2.05) is 13.0 Å². The van der Waals surface area contributed by atoms with Gasteiger partial charge in [0.25, 0.3) is 0 Å². The highest BCUT2D eigenvalue weighted by atomic mass is 19.4. The number of amides is 2. The van der Waals surface area contributed by atoms with Gasteiger partial charge in [-0.05, 0) is 30.7 Å². The Bertz CT molecular complexity index is 509. The van der Waals surface area contributed by atoms with E-state index in [4.69, 9.17) is 5.26 Å². The van der Waals surface area contributed by atoms with Crippen LogP contribution in [0.1, 0.15) is 19.8 Å². The fourth-order valence-electron chi connectivity index (χ4n) is 1.52. The van der Waals surface area contributed by atoms with E-state index in [-0.39, 0.29) is 11.4 Å². The Kier molecular flexibility index (Phi) is 5.84. The van der Waals surface area contributed by atoms with Crippen LogP contribution >= 0.6 is 0 Å². The third-order valence-electron chi connectivity index (χ3n) is 2.38. The predicted octanol–water partition coefficient (Wildman–Crippen LogP) is 3.40. The van der Waals surface area contributed by atoms with Gasteiger partial charge in [0, 0.05) is 5.69 Å². The number of carbonyl (C=O) groups is 1. The summed E-state index contributed by atoms with van der Waals surface area (Å²) in [6.07, 6.45) is -3.50. The van der Waals surface area contributed by atoms with Crippen molar-refractivity contribution in [3.05, 3.63) is 24.3 Å². The first kappa shape index (κ1) is 16.6. The lowest BCUT2D eigenvalue weighted by Crippen LogP contribution is -2.36. The Morgan fingerprint density at radius 3 is 2.48 bits per heavy atom. The van der Waals surface area contributed by atoms with Crippen molar-refractivity contribution in [3.8, 4) is 11.8 Å². The normalized spacial score (nSPS) is 12.1. The Labute approximate surface area is 119 Å². The number of nitrogens with zero attached hydrogens (tertiary/aromatic N) is 1. The molecule has 0 fully saturated rings. The van der Waals surface area contributed by atoms with Gasteiger partial charge < -0.3 is 15.4 Å². The van der Waals surface area contributed by atoms with Crippen LogP contribution in [0.15, 0.2) is 24.3 Å². The number of nitrogens with one attached hydrogen (secondary N) is 2. The van der Waals surface area contributed by atoms with Crippen molar-refractivity contribution in [2.75, 3.05) is 5.32 Å². The molecule has 2 N–H and O–H groups in total. The second-order valence-electron chi connectivity index (χ2n) is 4.14. The van der Waals surface area contributed by atoms with E-state index in [1.54, 1.807) is 0 Å². The maximum absolute atomic E-state index is 12.0. The molecule has 5 nitrogen and oxygen atoms in total. The standard InChI is InChI=1S/C13H14F3N3O2/c1-2-3-10(8-17)19-12(20)18-9-4-6-11(7-5-9)21-13(14,15)16/h4-7,10H,2-3H2,1H3,(H2,18,19,20). The van der Waals surface area contributed by atoms with Gasteiger partial charge >= 0.3 is 12.4 Å². The van der Waals surface area contributed by atoms with Crippen molar-refractivity contribution >= 4 is 11.7 Å². The smallest absolute Gasteiger partial charge is 0.406 e. The zero-order valence-electron chi connectivity index (χ0n) is 11.2. The monoisotopic (exact) mass is 301 g/mol. The van der Waals surface area contributed by atoms with E-state index in [9.17, 15) is 18.0 Å². The number of urea groups is 1. The Morgan fingerprint density at radius 2 is 2.00 bits per heavy atom. The summed E-state index contributed by atoms with van der Waals surface area (Å²) in [6, 6.07) is 5.42. The molecule has 21 heavy (non-hydrogen) atoms. The number of nitriles is 1. The van der Waals surface area contributed by atoms with Gasteiger partial charge in [0.05, 0.1) is 6.07 Å².